The number of amides is 1. The number of aliphatic hydroxyl groups is 1. The zero-order valence-corrected chi connectivity index (χ0v) is 11.1. The summed E-state index contributed by atoms with van der Waals surface area (Å²) in [6, 6.07) is 0. The summed E-state index contributed by atoms with van der Waals surface area (Å²) in [7, 11) is 0. The molecule has 0 atom stereocenters. The maximum Gasteiger partial charge on any atom is 0.225 e. The van der Waals surface area contributed by atoms with Crippen molar-refractivity contribution in [2.45, 2.75) is 58.0 Å². The Morgan fingerprint density at radius 1 is 1.18 bits per heavy atom. The van der Waals surface area contributed by atoms with Crippen molar-refractivity contribution in [3.8, 4) is 0 Å². The Labute approximate surface area is 104 Å². The van der Waals surface area contributed by atoms with Crippen LogP contribution in [0.25, 0.3) is 0 Å². The highest BCUT2D eigenvalue weighted by atomic mass is 16.3. The van der Waals surface area contributed by atoms with Gasteiger partial charge in [-0.05, 0) is 18.8 Å². The van der Waals surface area contributed by atoms with Crippen molar-refractivity contribution in [3.63, 3.8) is 0 Å². The molecule has 0 radical (unpaired) electrons. The summed E-state index contributed by atoms with van der Waals surface area (Å²) < 4.78 is 0. The van der Waals surface area contributed by atoms with E-state index in [0.717, 1.165) is 12.8 Å². The Hall–Kier alpha value is -0.570. The van der Waals surface area contributed by atoms with Gasteiger partial charge >= 0.3 is 0 Å². The highest BCUT2D eigenvalue weighted by molar-refractivity contribution is 5.80. The number of carbonyl (C=O) groups excluding carboxylic acids is 1. The SMILES string of the molecule is CC(C)C1(O)CN(C(=O)C2CCCCCC2)C1. The average Bonchev–Trinajstić information content (AvgIpc) is 2.51. The molecule has 2 rings (SSSR count). The quantitative estimate of drug-likeness (QED) is 0.750. The third-order valence-corrected chi connectivity index (χ3v) is 4.52. The molecule has 1 aliphatic heterocycles. The predicted molar refractivity (Wildman–Crippen MR) is 67.6 cm³/mol. The molecule has 0 unspecified atom stereocenters. The van der Waals surface area contributed by atoms with Crippen LogP contribution in [0.2, 0.25) is 0 Å². The van der Waals surface area contributed by atoms with Crippen LogP contribution < -0.4 is 0 Å². The minimum absolute atomic E-state index is 0.231. The fourth-order valence-corrected chi connectivity index (χ4v) is 2.92. The van der Waals surface area contributed by atoms with E-state index in [1.165, 1.54) is 25.7 Å². The molecule has 1 saturated heterocycles. The first-order valence-electron chi connectivity index (χ1n) is 7.04. The molecule has 0 aromatic heterocycles. The molecule has 3 heteroatoms. The lowest BCUT2D eigenvalue weighted by Crippen LogP contribution is -2.66. The van der Waals surface area contributed by atoms with E-state index >= 15 is 0 Å². The second kappa shape index (κ2) is 4.97. The molecular formula is C14H25NO2. The molecule has 1 heterocycles. The Morgan fingerprint density at radius 3 is 2.18 bits per heavy atom. The molecule has 0 aromatic rings. The first-order chi connectivity index (χ1) is 8.03. The number of nitrogens with zero attached hydrogens (tertiary/aromatic N) is 1. The van der Waals surface area contributed by atoms with Gasteiger partial charge in [0.25, 0.3) is 0 Å². The van der Waals surface area contributed by atoms with Gasteiger partial charge in [-0.2, -0.15) is 0 Å². The molecule has 1 aliphatic carbocycles. The fourth-order valence-electron chi connectivity index (χ4n) is 2.92. The molecule has 17 heavy (non-hydrogen) atoms. The van der Waals surface area contributed by atoms with Crippen LogP contribution in [0.1, 0.15) is 52.4 Å². The molecular weight excluding hydrogens is 214 g/mol. The normalized spacial score (nSPS) is 25.5. The molecule has 2 aliphatic rings. The monoisotopic (exact) mass is 239 g/mol. The highest BCUT2D eigenvalue weighted by Gasteiger charge is 2.46. The van der Waals surface area contributed by atoms with Crippen molar-refractivity contribution in [3.05, 3.63) is 0 Å². The predicted octanol–water partition coefficient (Wildman–Crippen LogP) is 2.19. The topological polar surface area (TPSA) is 40.5 Å². The lowest BCUT2D eigenvalue weighted by Gasteiger charge is -2.50. The number of hydrogen-bond donors (Lipinski definition) is 1. The highest BCUT2D eigenvalue weighted by Crippen LogP contribution is 2.32. The van der Waals surface area contributed by atoms with Gasteiger partial charge in [0.2, 0.25) is 5.91 Å². The van der Waals surface area contributed by atoms with E-state index in [4.69, 9.17) is 0 Å². The van der Waals surface area contributed by atoms with Crippen LogP contribution in [0.5, 0.6) is 0 Å². The molecule has 0 aromatic carbocycles. The van der Waals surface area contributed by atoms with Crippen molar-refractivity contribution in [2.75, 3.05) is 13.1 Å². The lowest BCUT2D eigenvalue weighted by molar-refractivity contribution is -0.168. The van der Waals surface area contributed by atoms with Crippen LogP contribution in [0, 0.1) is 11.8 Å². The van der Waals surface area contributed by atoms with Crippen molar-refractivity contribution >= 4 is 5.91 Å². The summed E-state index contributed by atoms with van der Waals surface area (Å²) in [4.78, 5) is 14.1. The van der Waals surface area contributed by atoms with Crippen molar-refractivity contribution in [1.29, 1.82) is 0 Å². The van der Waals surface area contributed by atoms with E-state index in [1.54, 1.807) is 0 Å². The van der Waals surface area contributed by atoms with E-state index in [2.05, 4.69) is 0 Å². The number of β-amino-alcohol motifs (C(OH)–C–C–N with tert-alkyl or cyclic N) is 1. The van der Waals surface area contributed by atoms with Gasteiger partial charge in [-0.15, -0.1) is 0 Å². The number of hydrogen-bond acceptors (Lipinski definition) is 2. The Balaban J connectivity index is 1.86. The third kappa shape index (κ3) is 2.65. The van der Waals surface area contributed by atoms with E-state index < -0.39 is 5.60 Å². The van der Waals surface area contributed by atoms with E-state index in [0.29, 0.717) is 13.1 Å². The van der Waals surface area contributed by atoms with Gasteiger partial charge in [0.15, 0.2) is 0 Å². The smallest absolute Gasteiger partial charge is 0.225 e. The van der Waals surface area contributed by atoms with Crippen LogP contribution in [0.3, 0.4) is 0 Å². The summed E-state index contributed by atoms with van der Waals surface area (Å²) >= 11 is 0. The van der Waals surface area contributed by atoms with Gasteiger partial charge < -0.3 is 10.0 Å². The maximum atomic E-state index is 12.3. The first kappa shape index (κ1) is 12.9. The van der Waals surface area contributed by atoms with E-state index in [1.807, 2.05) is 18.7 Å². The summed E-state index contributed by atoms with van der Waals surface area (Å²) in [5.74, 6) is 0.757. The first-order valence-corrected chi connectivity index (χ1v) is 7.04. The number of rotatable bonds is 2. The largest absolute Gasteiger partial charge is 0.386 e. The van der Waals surface area contributed by atoms with Gasteiger partial charge in [0.05, 0.1) is 13.1 Å². The lowest BCUT2D eigenvalue weighted by atomic mass is 9.82. The average molecular weight is 239 g/mol. The molecule has 1 N–H and O–H groups in total. The fraction of sp³-hybridized carbons (Fsp3) is 0.929. The summed E-state index contributed by atoms with van der Waals surface area (Å²) in [5, 5.41) is 10.2. The van der Waals surface area contributed by atoms with Crippen LogP contribution in [-0.4, -0.2) is 34.6 Å². The Kier molecular flexibility index (Phi) is 3.76. The second-order valence-electron chi connectivity index (χ2n) is 6.14. The van der Waals surface area contributed by atoms with Crippen molar-refractivity contribution < 1.29 is 9.90 Å². The summed E-state index contributed by atoms with van der Waals surface area (Å²) in [5.41, 5.74) is -0.625. The molecule has 98 valence electrons. The third-order valence-electron chi connectivity index (χ3n) is 4.52. The van der Waals surface area contributed by atoms with Crippen LogP contribution in [0.15, 0.2) is 0 Å². The van der Waals surface area contributed by atoms with Gasteiger partial charge in [-0.1, -0.05) is 39.5 Å². The minimum atomic E-state index is -0.625. The van der Waals surface area contributed by atoms with E-state index in [9.17, 15) is 9.90 Å². The van der Waals surface area contributed by atoms with Gasteiger partial charge in [0, 0.05) is 5.92 Å². The van der Waals surface area contributed by atoms with Crippen molar-refractivity contribution in [2.24, 2.45) is 11.8 Å². The zero-order chi connectivity index (χ0) is 12.5. The zero-order valence-electron chi connectivity index (χ0n) is 11.1. The van der Waals surface area contributed by atoms with Crippen LogP contribution in [0.4, 0.5) is 0 Å². The minimum Gasteiger partial charge on any atom is -0.386 e. The molecule has 3 nitrogen and oxygen atoms in total. The molecule has 1 saturated carbocycles. The maximum absolute atomic E-state index is 12.3. The number of carbonyl (C=O) groups is 1. The van der Waals surface area contributed by atoms with Crippen LogP contribution in [-0.2, 0) is 4.79 Å². The Bertz CT molecular complexity index is 274. The Morgan fingerprint density at radius 2 is 1.71 bits per heavy atom. The molecule has 2 fully saturated rings. The standard InChI is InChI=1S/C14H25NO2/c1-11(2)14(17)9-15(10-14)13(16)12-7-5-3-4-6-8-12/h11-12,17H,3-10H2,1-2H3. The van der Waals surface area contributed by atoms with Gasteiger partial charge in [-0.3, -0.25) is 4.79 Å². The van der Waals surface area contributed by atoms with Gasteiger partial charge in [0.1, 0.15) is 5.60 Å². The number of likely N-dealkylation sites (tertiary alicyclic amines) is 1. The summed E-state index contributed by atoms with van der Waals surface area (Å²) in [6.45, 7) is 5.13. The second-order valence-corrected chi connectivity index (χ2v) is 6.14. The van der Waals surface area contributed by atoms with Gasteiger partial charge in [-0.25, -0.2) is 0 Å². The van der Waals surface area contributed by atoms with Crippen LogP contribution >= 0.6 is 0 Å². The van der Waals surface area contributed by atoms with E-state index in [-0.39, 0.29) is 17.7 Å². The molecule has 0 spiro atoms. The molecule has 0 bridgehead atoms. The van der Waals surface area contributed by atoms with Crippen molar-refractivity contribution in [1.82, 2.24) is 4.90 Å². The molecule has 1 amide bonds. The summed E-state index contributed by atoms with van der Waals surface area (Å²) in [6.07, 6.45) is 7.04.